The first-order chi connectivity index (χ1) is 7.65. The molecule has 0 spiro atoms. The lowest BCUT2D eigenvalue weighted by Crippen LogP contribution is -1.92. The van der Waals surface area contributed by atoms with Gasteiger partial charge in [0.25, 0.3) is 0 Å². The number of aryl methyl sites for hydroxylation is 1. The van der Waals surface area contributed by atoms with Crippen molar-refractivity contribution in [1.82, 2.24) is 9.97 Å². The van der Waals surface area contributed by atoms with Gasteiger partial charge in [-0.1, -0.05) is 33.6 Å². The molecule has 1 heterocycles. The second-order valence-corrected chi connectivity index (χ2v) is 4.55. The quantitative estimate of drug-likeness (QED) is 0.841. The smallest absolute Gasteiger partial charge is 0.321 e. The predicted octanol–water partition coefficient (Wildman–Crippen LogP) is 3.99. The fraction of sp³-hybridized carbons (Fsp3) is 0.0909. The molecule has 0 fully saturated rings. The van der Waals surface area contributed by atoms with E-state index >= 15 is 0 Å². The Morgan fingerprint density at radius 3 is 2.62 bits per heavy atom. The molecule has 0 radical (unpaired) electrons. The van der Waals surface area contributed by atoms with Crippen molar-refractivity contribution < 1.29 is 4.74 Å². The largest absolute Gasteiger partial charge is 0.424 e. The first kappa shape index (κ1) is 11.4. The molecule has 0 unspecified atom stereocenters. The second-order valence-electron chi connectivity index (χ2n) is 3.20. The van der Waals surface area contributed by atoms with Crippen molar-refractivity contribution in [2.45, 2.75) is 6.92 Å². The molecular formula is C11H8BrClN2O. The Morgan fingerprint density at radius 2 is 1.94 bits per heavy atom. The minimum absolute atomic E-state index is 0.283. The molecule has 2 aromatic rings. The lowest BCUT2D eigenvalue weighted by Gasteiger charge is -2.06. The zero-order valence-electron chi connectivity index (χ0n) is 8.45. The van der Waals surface area contributed by atoms with Crippen LogP contribution in [-0.2, 0) is 0 Å². The maximum Gasteiger partial charge on any atom is 0.321 e. The summed E-state index contributed by atoms with van der Waals surface area (Å²) in [6, 6.07) is 6.05. The SMILES string of the molecule is Cc1ccc(Br)cc1Oc1ncc(Cl)cn1. The van der Waals surface area contributed by atoms with E-state index in [2.05, 4.69) is 25.9 Å². The van der Waals surface area contributed by atoms with E-state index in [0.29, 0.717) is 5.02 Å². The van der Waals surface area contributed by atoms with E-state index in [1.165, 1.54) is 12.4 Å². The molecule has 0 bridgehead atoms. The Kier molecular flexibility index (Phi) is 3.41. The highest BCUT2D eigenvalue weighted by Crippen LogP contribution is 2.26. The third-order valence-corrected chi connectivity index (χ3v) is 2.64. The van der Waals surface area contributed by atoms with Crippen LogP contribution >= 0.6 is 27.5 Å². The van der Waals surface area contributed by atoms with Crippen LogP contribution in [0.2, 0.25) is 5.02 Å². The van der Waals surface area contributed by atoms with Gasteiger partial charge in [-0.25, -0.2) is 9.97 Å². The molecule has 0 aliphatic rings. The second kappa shape index (κ2) is 4.80. The summed E-state index contributed by atoms with van der Waals surface area (Å²) in [6.45, 7) is 1.96. The summed E-state index contributed by atoms with van der Waals surface area (Å²) in [5.74, 6) is 0.719. The molecule has 0 atom stereocenters. The molecule has 1 aromatic carbocycles. The van der Waals surface area contributed by atoms with E-state index in [4.69, 9.17) is 16.3 Å². The van der Waals surface area contributed by atoms with Crippen molar-refractivity contribution in [3.8, 4) is 11.8 Å². The van der Waals surface area contributed by atoms with Gasteiger partial charge < -0.3 is 4.74 Å². The highest BCUT2D eigenvalue weighted by molar-refractivity contribution is 9.10. The fourth-order valence-electron chi connectivity index (χ4n) is 1.14. The summed E-state index contributed by atoms with van der Waals surface area (Å²) in [5.41, 5.74) is 1.02. The van der Waals surface area contributed by atoms with Crippen molar-refractivity contribution in [2.75, 3.05) is 0 Å². The molecule has 0 N–H and O–H groups in total. The molecule has 0 aliphatic carbocycles. The Hall–Kier alpha value is -1.13. The normalized spacial score (nSPS) is 10.2. The van der Waals surface area contributed by atoms with E-state index in [9.17, 15) is 0 Å². The van der Waals surface area contributed by atoms with Crippen LogP contribution in [-0.4, -0.2) is 9.97 Å². The van der Waals surface area contributed by atoms with E-state index in [1.54, 1.807) is 0 Å². The molecule has 3 nitrogen and oxygen atoms in total. The van der Waals surface area contributed by atoms with Crippen molar-refractivity contribution >= 4 is 27.5 Å². The molecule has 16 heavy (non-hydrogen) atoms. The van der Waals surface area contributed by atoms with Gasteiger partial charge in [-0.3, -0.25) is 0 Å². The van der Waals surface area contributed by atoms with Crippen LogP contribution in [0.4, 0.5) is 0 Å². The molecule has 0 saturated heterocycles. The summed E-state index contributed by atoms with van der Waals surface area (Å²) < 4.78 is 6.48. The number of benzene rings is 1. The monoisotopic (exact) mass is 298 g/mol. The van der Waals surface area contributed by atoms with Crippen LogP contribution in [0, 0.1) is 6.92 Å². The highest BCUT2D eigenvalue weighted by atomic mass is 79.9. The molecule has 5 heteroatoms. The lowest BCUT2D eigenvalue weighted by molar-refractivity contribution is 0.438. The zero-order valence-corrected chi connectivity index (χ0v) is 10.8. The Labute approximate surface area is 107 Å². The van der Waals surface area contributed by atoms with Crippen LogP contribution in [0.15, 0.2) is 35.1 Å². The topological polar surface area (TPSA) is 35.0 Å². The maximum absolute atomic E-state index is 5.68. The number of hydrogen-bond donors (Lipinski definition) is 0. The number of aromatic nitrogens is 2. The Balaban J connectivity index is 2.26. The Bertz CT molecular complexity index is 502. The van der Waals surface area contributed by atoms with Gasteiger partial charge in [-0.15, -0.1) is 0 Å². The zero-order chi connectivity index (χ0) is 11.5. The molecule has 1 aromatic heterocycles. The summed E-state index contributed by atoms with van der Waals surface area (Å²) in [4.78, 5) is 7.93. The number of rotatable bonds is 2. The Morgan fingerprint density at radius 1 is 1.25 bits per heavy atom. The van der Waals surface area contributed by atoms with Gasteiger partial charge in [0.2, 0.25) is 0 Å². The van der Waals surface area contributed by atoms with Gasteiger partial charge in [0.15, 0.2) is 0 Å². The van der Waals surface area contributed by atoms with Crippen molar-refractivity contribution in [1.29, 1.82) is 0 Å². The molecular weight excluding hydrogens is 291 g/mol. The third-order valence-electron chi connectivity index (χ3n) is 1.95. The average Bonchev–Trinajstić information content (AvgIpc) is 2.27. The van der Waals surface area contributed by atoms with E-state index in [0.717, 1.165) is 15.8 Å². The van der Waals surface area contributed by atoms with E-state index in [1.807, 2.05) is 25.1 Å². The van der Waals surface area contributed by atoms with Gasteiger partial charge >= 0.3 is 6.01 Å². The van der Waals surface area contributed by atoms with Gasteiger partial charge in [0, 0.05) is 4.47 Å². The van der Waals surface area contributed by atoms with Gasteiger partial charge in [-0.05, 0) is 24.6 Å². The molecule has 82 valence electrons. The number of hydrogen-bond acceptors (Lipinski definition) is 3. The third kappa shape index (κ3) is 2.71. The van der Waals surface area contributed by atoms with Crippen molar-refractivity contribution in [3.63, 3.8) is 0 Å². The van der Waals surface area contributed by atoms with E-state index in [-0.39, 0.29) is 6.01 Å². The lowest BCUT2D eigenvalue weighted by atomic mass is 10.2. The van der Waals surface area contributed by atoms with Crippen LogP contribution in [0.3, 0.4) is 0 Å². The number of nitrogens with zero attached hydrogens (tertiary/aromatic N) is 2. The van der Waals surface area contributed by atoms with Crippen LogP contribution in [0.1, 0.15) is 5.56 Å². The summed E-state index contributed by atoms with van der Waals surface area (Å²) >= 11 is 9.06. The van der Waals surface area contributed by atoms with Gasteiger partial charge in [0.05, 0.1) is 17.4 Å². The molecule has 0 amide bonds. The maximum atomic E-state index is 5.68. The summed E-state index contributed by atoms with van der Waals surface area (Å²) in [6.07, 6.45) is 2.99. The van der Waals surface area contributed by atoms with Gasteiger partial charge in [-0.2, -0.15) is 0 Å². The first-order valence-corrected chi connectivity index (χ1v) is 5.74. The standard InChI is InChI=1S/C11H8BrClN2O/c1-7-2-3-8(12)4-10(7)16-11-14-5-9(13)6-15-11/h2-6H,1H3. The van der Waals surface area contributed by atoms with E-state index < -0.39 is 0 Å². The number of halogens is 2. The van der Waals surface area contributed by atoms with Gasteiger partial charge in [0.1, 0.15) is 5.75 Å². The number of ether oxygens (including phenoxy) is 1. The first-order valence-electron chi connectivity index (χ1n) is 4.57. The summed E-state index contributed by atoms with van der Waals surface area (Å²) in [7, 11) is 0. The summed E-state index contributed by atoms with van der Waals surface area (Å²) in [5, 5.41) is 0.485. The minimum atomic E-state index is 0.283. The highest BCUT2D eigenvalue weighted by Gasteiger charge is 2.04. The van der Waals surface area contributed by atoms with Crippen LogP contribution in [0.25, 0.3) is 0 Å². The van der Waals surface area contributed by atoms with Crippen LogP contribution < -0.4 is 4.74 Å². The van der Waals surface area contributed by atoms with Crippen LogP contribution in [0.5, 0.6) is 11.8 Å². The molecule has 0 aliphatic heterocycles. The molecule has 2 rings (SSSR count). The van der Waals surface area contributed by atoms with Crippen molar-refractivity contribution in [2.24, 2.45) is 0 Å². The minimum Gasteiger partial charge on any atom is -0.424 e. The fourth-order valence-corrected chi connectivity index (χ4v) is 1.57. The average molecular weight is 300 g/mol. The molecule has 0 saturated carbocycles. The van der Waals surface area contributed by atoms with Crippen molar-refractivity contribution in [3.05, 3.63) is 45.7 Å². The predicted molar refractivity (Wildman–Crippen MR) is 66.0 cm³/mol.